The van der Waals surface area contributed by atoms with Crippen LogP contribution in [0.15, 0.2) is 29.4 Å². The van der Waals surface area contributed by atoms with Crippen molar-refractivity contribution < 1.29 is 19.0 Å². The van der Waals surface area contributed by atoms with E-state index in [-0.39, 0.29) is 5.97 Å². The first kappa shape index (κ1) is 20.9. The van der Waals surface area contributed by atoms with E-state index in [2.05, 4.69) is 35.3 Å². The predicted octanol–water partition coefficient (Wildman–Crippen LogP) is 0.777. The molecule has 11 nitrogen and oxygen atoms in total. The number of aromatic nitrogens is 3. The van der Waals surface area contributed by atoms with Gasteiger partial charge < -0.3 is 24.0 Å². The van der Waals surface area contributed by atoms with Gasteiger partial charge in [0.25, 0.3) is 0 Å². The molecule has 1 aromatic heterocycles. The maximum Gasteiger partial charge on any atom is 0.337 e. The molecule has 11 heteroatoms. The molecule has 0 amide bonds. The van der Waals surface area contributed by atoms with Crippen molar-refractivity contribution in [3.63, 3.8) is 0 Å². The normalized spacial score (nSPS) is 17.1. The fraction of sp³-hybridized carbons (Fsp3) is 0.450. The van der Waals surface area contributed by atoms with Crippen LogP contribution in [0, 0.1) is 0 Å². The number of ether oxygens (including phenoxy) is 3. The monoisotopic (exact) mass is 427 g/mol. The Morgan fingerprint density at radius 3 is 2.03 bits per heavy atom. The molecule has 2 aromatic rings. The average Bonchev–Trinajstić information content (AvgIpc) is 2.85. The molecular formula is C20H25N7O4. The Labute approximate surface area is 180 Å². The number of carbonyl (C=O) groups is 1. The molecule has 0 spiro atoms. The van der Waals surface area contributed by atoms with Crippen LogP contribution in [0.3, 0.4) is 0 Å². The van der Waals surface area contributed by atoms with Gasteiger partial charge >= 0.3 is 5.97 Å². The number of hydrogen-bond acceptors (Lipinski definition) is 11. The van der Waals surface area contributed by atoms with Crippen LogP contribution < -0.4 is 15.2 Å². The molecule has 1 N–H and O–H groups in total. The molecule has 164 valence electrons. The molecule has 2 fully saturated rings. The van der Waals surface area contributed by atoms with Crippen molar-refractivity contribution >= 4 is 30.0 Å². The van der Waals surface area contributed by atoms with Crippen LogP contribution in [-0.4, -0.2) is 86.9 Å². The SMILES string of the molecule is COC(=O)c1ccc(/C=N\Nc2nc(N3CCOCC3)nc(N3CCOCC3)n2)cc1. The van der Waals surface area contributed by atoms with Gasteiger partial charge in [0.2, 0.25) is 17.8 Å². The quantitative estimate of drug-likeness (QED) is 0.403. The van der Waals surface area contributed by atoms with Crippen LogP contribution >= 0.6 is 0 Å². The molecule has 2 saturated heterocycles. The van der Waals surface area contributed by atoms with Gasteiger partial charge in [-0.2, -0.15) is 20.1 Å². The van der Waals surface area contributed by atoms with E-state index in [1.54, 1.807) is 30.5 Å². The van der Waals surface area contributed by atoms with Crippen molar-refractivity contribution in [2.24, 2.45) is 5.10 Å². The van der Waals surface area contributed by atoms with Crippen LogP contribution in [0.1, 0.15) is 15.9 Å². The fourth-order valence-corrected chi connectivity index (χ4v) is 3.20. The molecule has 0 bridgehead atoms. The maximum absolute atomic E-state index is 11.5. The summed E-state index contributed by atoms with van der Waals surface area (Å²) in [5.41, 5.74) is 4.20. The molecule has 4 rings (SSSR count). The summed E-state index contributed by atoms with van der Waals surface area (Å²) in [6.45, 7) is 5.46. The van der Waals surface area contributed by atoms with Gasteiger partial charge in [-0.05, 0) is 17.7 Å². The highest BCUT2D eigenvalue weighted by Crippen LogP contribution is 2.18. The molecule has 2 aliphatic rings. The highest BCUT2D eigenvalue weighted by molar-refractivity contribution is 5.90. The van der Waals surface area contributed by atoms with Gasteiger partial charge in [-0.1, -0.05) is 12.1 Å². The van der Waals surface area contributed by atoms with E-state index < -0.39 is 0 Å². The van der Waals surface area contributed by atoms with Gasteiger partial charge in [0.1, 0.15) is 0 Å². The number of nitrogens with zero attached hydrogens (tertiary/aromatic N) is 6. The molecule has 1 aromatic carbocycles. The summed E-state index contributed by atoms with van der Waals surface area (Å²) in [4.78, 5) is 29.4. The second-order valence-corrected chi connectivity index (χ2v) is 6.94. The number of benzene rings is 1. The third-order valence-electron chi connectivity index (χ3n) is 4.91. The summed E-state index contributed by atoms with van der Waals surface area (Å²) in [6.07, 6.45) is 1.63. The number of hydrogen-bond donors (Lipinski definition) is 1. The summed E-state index contributed by atoms with van der Waals surface area (Å²) >= 11 is 0. The number of esters is 1. The Balaban J connectivity index is 1.50. The Morgan fingerprint density at radius 1 is 0.968 bits per heavy atom. The second-order valence-electron chi connectivity index (χ2n) is 6.94. The second kappa shape index (κ2) is 10.1. The predicted molar refractivity (Wildman–Crippen MR) is 115 cm³/mol. The molecule has 0 atom stereocenters. The minimum Gasteiger partial charge on any atom is -0.465 e. The van der Waals surface area contributed by atoms with Gasteiger partial charge in [0.05, 0.1) is 45.3 Å². The molecule has 0 aliphatic carbocycles. The zero-order valence-corrected chi connectivity index (χ0v) is 17.4. The summed E-state index contributed by atoms with van der Waals surface area (Å²) < 4.78 is 15.6. The molecule has 2 aliphatic heterocycles. The standard InChI is InChI=1S/C20H25N7O4/c1-29-17(28)16-4-2-15(3-5-16)14-21-25-18-22-19(26-6-10-30-11-7-26)24-20(23-18)27-8-12-31-13-9-27/h2-5,14H,6-13H2,1H3,(H,22,23,24,25)/b21-14-. The lowest BCUT2D eigenvalue weighted by Gasteiger charge is -2.30. The number of morpholine rings is 2. The topological polar surface area (TPSA) is 114 Å². The molecule has 0 unspecified atom stereocenters. The first-order chi connectivity index (χ1) is 15.2. The van der Waals surface area contributed by atoms with Gasteiger partial charge in [0, 0.05) is 26.2 Å². The third kappa shape index (κ3) is 5.44. The van der Waals surface area contributed by atoms with Crippen LogP contribution in [0.4, 0.5) is 17.8 Å². The number of hydrazone groups is 1. The van der Waals surface area contributed by atoms with E-state index in [0.29, 0.717) is 49.8 Å². The van der Waals surface area contributed by atoms with Crippen LogP contribution in [0.2, 0.25) is 0 Å². The number of rotatable bonds is 6. The first-order valence-corrected chi connectivity index (χ1v) is 10.1. The van der Waals surface area contributed by atoms with Crippen molar-refractivity contribution in [2.45, 2.75) is 0 Å². The van der Waals surface area contributed by atoms with E-state index in [1.807, 2.05) is 0 Å². The van der Waals surface area contributed by atoms with Crippen LogP contribution in [-0.2, 0) is 14.2 Å². The lowest BCUT2D eigenvalue weighted by molar-refractivity contribution is 0.0600. The van der Waals surface area contributed by atoms with Crippen LogP contribution in [0.5, 0.6) is 0 Å². The lowest BCUT2D eigenvalue weighted by atomic mass is 10.1. The van der Waals surface area contributed by atoms with Crippen LogP contribution in [0.25, 0.3) is 0 Å². The highest BCUT2D eigenvalue weighted by atomic mass is 16.5. The first-order valence-electron chi connectivity index (χ1n) is 10.1. The van der Waals surface area contributed by atoms with Crippen molar-refractivity contribution in [1.29, 1.82) is 0 Å². The molecule has 3 heterocycles. The van der Waals surface area contributed by atoms with Gasteiger partial charge in [0.15, 0.2) is 0 Å². The Kier molecular flexibility index (Phi) is 6.85. The van der Waals surface area contributed by atoms with Gasteiger partial charge in [-0.25, -0.2) is 10.2 Å². The zero-order chi connectivity index (χ0) is 21.5. The lowest BCUT2D eigenvalue weighted by Crippen LogP contribution is -2.40. The third-order valence-corrected chi connectivity index (χ3v) is 4.91. The number of methoxy groups -OCH3 is 1. The summed E-state index contributed by atoms with van der Waals surface area (Å²) in [5.74, 6) is 1.18. The van der Waals surface area contributed by atoms with E-state index in [1.165, 1.54) is 7.11 Å². The smallest absolute Gasteiger partial charge is 0.337 e. The molecule has 0 saturated carbocycles. The Morgan fingerprint density at radius 2 is 1.52 bits per heavy atom. The highest BCUT2D eigenvalue weighted by Gasteiger charge is 2.20. The number of anilines is 3. The molecule has 0 radical (unpaired) electrons. The van der Waals surface area contributed by atoms with Gasteiger partial charge in [-0.3, -0.25) is 0 Å². The minimum absolute atomic E-state index is 0.361. The van der Waals surface area contributed by atoms with E-state index in [9.17, 15) is 4.79 Å². The minimum atomic E-state index is -0.377. The average molecular weight is 427 g/mol. The van der Waals surface area contributed by atoms with E-state index in [0.717, 1.165) is 31.7 Å². The molecular weight excluding hydrogens is 402 g/mol. The van der Waals surface area contributed by atoms with Crippen molar-refractivity contribution in [3.8, 4) is 0 Å². The Bertz CT molecular complexity index is 874. The zero-order valence-electron chi connectivity index (χ0n) is 17.4. The number of carbonyl (C=O) groups excluding carboxylic acids is 1. The van der Waals surface area contributed by atoms with Gasteiger partial charge in [-0.15, -0.1) is 0 Å². The van der Waals surface area contributed by atoms with Crippen molar-refractivity contribution in [2.75, 3.05) is 74.9 Å². The largest absolute Gasteiger partial charge is 0.465 e. The summed E-state index contributed by atoms with van der Waals surface area (Å²) in [6, 6.07) is 6.93. The fourth-order valence-electron chi connectivity index (χ4n) is 3.20. The number of nitrogens with one attached hydrogen (secondary N) is 1. The summed E-state index contributed by atoms with van der Waals surface area (Å²) in [5, 5.41) is 4.25. The van der Waals surface area contributed by atoms with E-state index >= 15 is 0 Å². The van der Waals surface area contributed by atoms with Crippen molar-refractivity contribution in [1.82, 2.24) is 15.0 Å². The van der Waals surface area contributed by atoms with E-state index in [4.69, 9.17) is 14.2 Å². The maximum atomic E-state index is 11.5. The molecule has 31 heavy (non-hydrogen) atoms. The van der Waals surface area contributed by atoms with Crippen molar-refractivity contribution in [3.05, 3.63) is 35.4 Å². The Hall–Kier alpha value is -3.31. The summed E-state index contributed by atoms with van der Waals surface area (Å²) in [7, 11) is 1.35.